The molecule has 176 valence electrons. The summed E-state index contributed by atoms with van der Waals surface area (Å²) in [5.74, 6) is -0.532. The highest BCUT2D eigenvalue weighted by molar-refractivity contribution is 6.00. The summed E-state index contributed by atoms with van der Waals surface area (Å²) in [6, 6.07) is 5.42. The average molecular weight is 472 g/mol. The van der Waals surface area contributed by atoms with Crippen molar-refractivity contribution in [1.82, 2.24) is 24.8 Å². The molecule has 6 rings (SSSR count). The Bertz CT molecular complexity index is 1190. The van der Waals surface area contributed by atoms with Gasteiger partial charge in [0.25, 0.3) is 5.91 Å². The van der Waals surface area contributed by atoms with Gasteiger partial charge in [-0.2, -0.15) is 13.2 Å². The van der Waals surface area contributed by atoms with Gasteiger partial charge in [-0.1, -0.05) is 6.07 Å². The fraction of sp³-hybridized carbons (Fsp3) is 0.348. The molecule has 3 aromatic rings. The first-order valence-electron chi connectivity index (χ1n) is 10.8. The van der Waals surface area contributed by atoms with Gasteiger partial charge in [0, 0.05) is 37.4 Å². The van der Waals surface area contributed by atoms with Crippen LogP contribution in [0.2, 0.25) is 0 Å². The van der Waals surface area contributed by atoms with Crippen LogP contribution in [0.15, 0.2) is 49.1 Å². The highest BCUT2D eigenvalue weighted by Gasteiger charge is 2.44. The molecule has 1 saturated carbocycles. The summed E-state index contributed by atoms with van der Waals surface area (Å²) in [4.78, 5) is 31.1. The topological polar surface area (TPSA) is 83.9 Å². The predicted molar refractivity (Wildman–Crippen MR) is 114 cm³/mol. The third-order valence-electron chi connectivity index (χ3n) is 6.37. The highest BCUT2D eigenvalue weighted by Crippen LogP contribution is 2.38. The second kappa shape index (κ2) is 8.62. The summed E-state index contributed by atoms with van der Waals surface area (Å²) in [6.45, 7) is 0.515. The molecule has 3 aliphatic rings. The molecule has 7 nitrogen and oxygen atoms in total. The van der Waals surface area contributed by atoms with Crippen molar-refractivity contribution in [2.45, 2.75) is 37.5 Å². The third kappa shape index (κ3) is 4.17. The Hall–Kier alpha value is -3.63. The summed E-state index contributed by atoms with van der Waals surface area (Å²) in [5, 5.41) is 3.10. The second-order valence-corrected chi connectivity index (χ2v) is 8.48. The van der Waals surface area contributed by atoms with Gasteiger partial charge >= 0.3 is 6.18 Å². The molecule has 11 heteroatoms. The van der Waals surface area contributed by atoms with E-state index in [1.54, 1.807) is 17.0 Å². The van der Waals surface area contributed by atoms with E-state index in [9.17, 15) is 22.4 Å². The fourth-order valence-electron chi connectivity index (χ4n) is 4.81. The number of aromatic nitrogens is 4. The van der Waals surface area contributed by atoms with E-state index in [1.165, 1.54) is 24.5 Å². The lowest BCUT2D eigenvalue weighted by Gasteiger charge is -2.50. The quantitative estimate of drug-likeness (QED) is 0.573. The van der Waals surface area contributed by atoms with Crippen molar-refractivity contribution in [3.63, 3.8) is 0 Å². The number of piperidine rings is 2. The molecular weight excluding hydrogens is 452 g/mol. The largest absolute Gasteiger partial charge is 0.419 e. The van der Waals surface area contributed by atoms with Crippen LogP contribution in [-0.4, -0.2) is 49.4 Å². The van der Waals surface area contributed by atoms with Crippen molar-refractivity contribution < 1.29 is 22.4 Å². The zero-order chi connectivity index (χ0) is 23.9. The first kappa shape index (κ1) is 22.2. The smallest absolute Gasteiger partial charge is 0.349 e. The molecule has 0 spiro atoms. The SMILES string of the molecule is O=C(c1cccc(F)c1-c1ncccn1)N1CC2CCC1C(Nc1ncc(C(F)(F)F)cn1)C2. The number of benzene rings is 1. The van der Waals surface area contributed by atoms with Crippen LogP contribution in [0, 0.1) is 11.7 Å². The number of hydrogen-bond acceptors (Lipinski definition) is 6. The van der Waals surface area contributed by atoms with Gasteiger partial charge in [-0.15, -0.1) is 0 Å². The maximum atomic E-state index is 14.8. The zero-order valence-electron chi connectivity index (χ0n) is 17.8. The second-order valence-electron chi connectivity index (χ2n) is 8.48. The van der Waals surface area contributed by atoms with Gasteiger partial charge in [0.15, 0.2) is 5.82 Å². The van der Waals surface area contributed by atoms with Gasteiger partial charge in [-0.05, 0) is 43.4 Å². The average Bonchev–Trinajstić information content (AvgIpc) is 2.84. The maximum Gasteiger partial charge on any atom is 0.419 e. The fourth-order valence-corrected chi connectivity index (χ4v) is 4.81. The molecule has 2 bridgehead atoms. The van der Waals surface area contributed by atoms with Gasteiger partial charge in [0.05, 0.1) is 22.7 Å². The minimum absolute atomic E-state index is 0.0464. The standard InChI is InChI=1S/C23H20F4N6O/c24-16-4-1-3-15(19(16)20-28-7-2-8-29-20)21(34)33-12-13-5-6-18(33)17(9-13)32-22-30-10-14(11-31-22)23(25,26)27/h1-4,7-8,10-11,13,17-18H,5-6,9,12H2,(H,30,31,32). The van der Waals surface area contributed by atoms with Crippen LogP contribution in [0.4, 0.5) is 23.5 Å². The number of alkyl halides is 3. The molecule has 2 aliphatic heterocycles. The predicted octanol–water partition coefficient (Wildman–Crippen LogP) is 4.20. The molecular formula is C23H20F4N6O. The molecule has 3 atom stereocenters. The molecule has 1 aromatic carbocycles. The lowest BCUT2D eigenvalue weighted by atomic mass is 9.76. The Balaban J connectivity index is 1.40. The molecule has 1 amide bonds. The number of amides is 1. The maximum absolute atomic E-state index is 14.8. The first-order valence-corrected chi connectivity index (χ1v) is 10.8. The van der Waals surface area contributed by atoms with Crippen molar-refractivity contribution in [2.24, 2.45) is 5.92 Å². The summed E-state index contributed by atoms with van der Waals surface area (Å²) in [7, 11) is 0. The number of rotatable bonds is 4. The number of nitrogens with one attached hydrogen (secondary N) is 1. The van der Waals surface area contributed by atoms with Crippen LogP contribution in [0.1, 0.15) is 35.2 Å². The first-order chi connectivity index (χ1) is 16.3. The van der Waals surface area contributed by atoms with Gasteiger partial charge in [-0.3, -0.25) is 4.79 Å². The summed E-state index contributed by atoms with van der Waals surface area (Å²) in [5.41, 5.74) is -0.713. The minimum Gasteiger partial charge on any atom is -0.349 e. The normalized spacial score (nSPS) is 22.0. The molecule has 1 aliphatic carbocycles. The monoisotopic (exact) mass is 472 g/mol. The van der Waals surface area contributed by atoms with Crippen LogP contribution >= 0.6 is 0 Å². The molecule has 3 fully saturated rings. The highest BCUT2D eigenvalue weighted by atomic mass is 19.4. The van der Waals surface area contributed by atoms with E-state index in [0.29, 0.717) is 13.0 Å². The Morgan fingerprint density at radius 3 is 2.44 bits per heavy atom. The van der Waals surface area contributed by atoms with Gasteiger partial charge < -0.3 is 10.2 Å². The number of nitrogens with zero attached hydrogens (tertiary/aromatic N) is 5. The molecule has 4 heterocycles. The van der Waals surface area contributed by atoms with Crippen molar-refractivity contribution in [3.8, 4) is 11.4 Å². The van der Waals surface area contributed by atoms with E-state index in [4.69, 9.17) is 0 Å². The number of carbonyl (C=O) groups is 1. The Morgan fingerprint density at radius 1 is 1.03 bits per heavy atom. The van der Waals surface area contributed by atoms with E-state index < -0.39 is 17.6 Å². The Labute approximate surface area is 192 Å². The third-order valence-corrected chi connectivity index (χ3v) is 6.37. The molecule has 3 unspecified atom stereocenters. The molecule has 0 radical (unpaired) electrons. The van der Waals surface area contributed by atoms with E-state index >= 15 is 0 Å². The van der Waals surface area contributed by atoms with Crippen LogP contribution in [0.5, 0.6) is 0 Å². The van der Waals surface area contributed by atoms with Crippen molar-refractivity contribution >= 4 is 11.9 Å². The minimum atomic E-state index is -4.52. The number of halogens is 4. The van der Waals surface area contributed by atoms with E-state index in [1.807, 2.05) is 0 Å². The summed E-state index contributed by atoms with van der Waals surface area (Å²) in [6.07, 6.45) is 2.29. The van der Waals surface area contributed by atoms with Gasteiger partial charge in [0.2, 0.25) is 5.95 Å². The number of hydrogen-bond donors (Lipinski definition) is 1. The van der Waals surface area contributed by atoms with E-state index in [2.05, 4.69) is 25.3 Å². The number of fused-ring (bicyclic) bond motifs is 3. The number of anilines is 1. The van der Waals surface area contributed by atoms with E-state index in [0.717, 1.165) is 25.2 Å². The summed E-state index contributed by atoms with van der Waals surface area (Å²) >= 11 is 0. The van der Waals surface area contributed by atoms with Crippen LogP contribution in [-0.2, 0) is 6.18 Å². The molecule has 1 N–H and O–H groups in total. The lowest BCUT2D eigenvalue weighted by molar-refractivity contribution is -0.138. The molecule has 34 heavy (non-hydrogen) atoms. The lowest BCUT2D eigenvalue weighted by Crippen LogP contribution is -2.60. The molecule has 2 saturated heterocycles. The van der Waals surface area contributed by atoms with Crippen molar-refractivity contribution in [2.75, 3.05) is 11.9 Å². The van der Waals surface area contributed by atoms with Crippen LogP contribution in [0.3, 0.4) is 0 Å². The van der Waals surface area contributed by atoms with Crippen LogP contribution in [0.25, 0.3) is 11.4 Å². The van der Waals surface area contributed by atoms with Gasteiger partial charge in [-0.25, -0.2) is 24.3 Å². The van der Waals surface area contributed by atoms with Crippen molar-refractivity contribution in [3.05, 3.63) is 66.0 Å². The zero-order valence-corrected chi connectivity index (χ0v) is 17.8. The van der Waals surface area contributed by atoms with Crippen LogP contribution < -0.4 is 5.32 Å². The van der Waals surface area contributed by atoms with Crippen molar-refractivity contribution in [1.29, 1.82) is 0 Å². The molecule has 2 aromatic heterocycles. The van der Waals surface area contributed by atoms with E-state index in [-0.39, 0.29) is 46.8 Å². The number of carbonyl (C=O) groups excluding carboxylic acids is 1. The Kier molecular flexibility index (Phi) is 5.62. The summed E-state index contributed by atoms with van der Waals surface area (Å²) < 4.78 is 53.2. The van der Waals surface area contributed by atoms with Gasteiger partial charge in [0.1, 0.15) is 5.82 Å². The Morgan fingerprint density at radius 2 is 1.76 bits per heavy atom.